The first kappa shape index (κ1) is 13.6. The van der Waals surface area contributed by atoms with Gasteiger partial charge in [-0.1, -0.05) is 18.2 Å². The third kappa shape index (κ3) is 2.89. The highest BCUT2D eigenvalue weighted by Crippen LogP contribution is 2.29. The van der Waals surface area contributed by atoms with Crippen molar-refractivity contribution in [3.63, 3.8) is 0 Å². The summed E-state index contributed by atoms with van der Waals surface area (Å²) in [5.41, 5.74) is 9.38. The van der Waals surface area contributed by atoms with Crippen molar-refractivity contribution in [2.24, 2.45) is 0 Å². The maximum absolute atomic E-state index is 12.9. The van der Waals surface area contributed by atoms with Crippen molar-refractivity contribution in [3.8, 4) is 0 Å². The molecule has 0 aliphatic carbocycles. The van der Waals surface area contributed by atoms with Crippen molar-refractivity contribution in [2.45, 2.75) is 19.3 Å². The van der Waals surface area contributed by atoms with Crippen molar-refractivity contribution < 1.29 is 9.18 Å². The fourth-order valence-electron chi connectivity index (χ4n) is 2.72. The minimum absolute atomic E-state index is 0.0214. The molecule has 3 rings (SSSR count). The van der Waals surface area contributed by atoms with Gasteiger partial charge in [-0.2, -0.15) is 0 Å². The molecule has 3 nitrogen and oxygen atoms in total. The summed E-state index contributed by atoms with van der Waals surface area (Å²) < 4.78 is 12.9. The van der Waals surface area contributed by atoms with E-state index in [2.05, 4.69) is 0 Å². The minimum atomic E-state index is -0.290. The molecular weight excluding hydrogens is 267 g/mol. The molecule has 0 radical (unpaired) electrons. The predicted molar refractivity (Wildman–Crippen MR) is 81.6 cm³/mol. The average Bonchev–Trinajstić information content (AvgIpc) is 2.49. The molecule has 0 fully saturated rings. The number of fused-ring (bicyclic) bond motifs is 1. The number of anilines is 2. The van der Waals surface area contributed by atoms with Gasteiger partial charge in [-0.3, -0.25) is 4.79 Å². The number of rotatable bonds is 2. The Morgan fingerprint density at radius 1 is 1.19 bits per heavy atom. The van der Waals surface area contributed by atoms with E-state index in [0.29, 0.717) is 12.2 Å². The van der Waals surface area contributed by atoms with Gasteiger partial charge >= 0.3 is 0 Å². The molecule has 0 aromatic heterocycles. The van der Waals surface area contributed by atoms with Crippen LogP contribution in [0, 0.1) is 5.82 Å². The van der Waals surface area contributed by atoms with E-state index >= 15 is 0 Å². The van der Waals surface area contributed by atoms with Crippen molar-refractivity contribution in [1.82, 2.24) is 0 Å². The van der Waals surface area contributed by atoms with Crippen LogP contribution in [0.3, 0.4) is 0 Å². The lowest BCUT2D eigenvalue weighted by atomic mass is 10.00. The van der Waals surface area contributed by atoms with Gasteiger partial charge in [0.05, 0.1) is 6.42 Å². The van der Waals surface area contributed by atoms with Crippen LogP contribution >= 0.6 is 0 Å². The molecule has 0 bridgehead atoms. The fraction of sp³-hybridized carbons (Fsp3) is 0.235. The quantitative estimate of drug-likeness (QED) is 0.862. The molecule has 0 spiro atoms. The maximum atomic E-state index is 12.9. The number of nitrogens with zero attached hydrogens (tertiary/aromatic N) is 1. The summed E-state index contributed by atoms with van der Waals surface area (Å²) in [5.74, 6) is -0.268. The number of amides is 1. The van der Waals surface area contributed by atoms with Crippen molar-refractivity contribution in [3.05, 3.63) is 59.4 Å². The molecule has 0 unspecified atom stereocenters. The Kier molecular flexibility index (Phi) is 3.60. The first-order valence-corrected chi connectivity index (χ1v) is 7.07. The first-order chi connectivity index (χ1) is 10.1. The molecule has 1 aliphatic heterocycles. The third-order valence-corrected chi connectivity index (χ3v) is 3.80. The fourth-order valence-corrected chi connectivity index (χ4v) is 2.72. The Labute approximate surface area is 123 Å². The van der Waals surface area contributed by atoms with Gasteiger partial charge in [0, 0.05) is 17.9 Å². The Hall–Kier alpha value is -2.36. The number of nitrogen functional groups attached to an aromatic ring is 1. The van der Waals surface area contributed by atoms with Crippen LogP contribution in [0.25, 0.3) is 0 Å². The summed E-state index contributed by atoms with van der Waals surface area (Å²) in [6.07, 6.45) is 2.19. The SMILES string of the molecule is Nc1ccc2c(c1)N(C(=O)Cc1ccc(F)cc1)CCC2. The number of benzene rings is 2. The summed E-state index contributed by atoms with van der Waals surface area (Å²) in [6, 6.07) is 11.8. The predicted octanol–water partition coefficient (Wildman–Crippen LogP) is 2.93. The molecule has 0 saturated heterocycles. The van der Waals surface area contributed by atoms with E-state index in [1.165, 1.54) is 12.1 Å². The molecular formula is C17H17FN2O. The second kappa shape index (κ2) is 5.56. The molecule has 0 atom stereocenters. The van der Waals surface area contributed by atoms with Gasteiger partial charge in [0.15, 0.2) is 0 Å². The summed E-state index contributed by atoms with van der Waals surface area (Å²) in [5, 5.41) is 0. The standard InChI is InChI=1S/C17H17FN2O/c18-14-6-3-12(4-7-14)10-17(21)20-9-1-2-13-5-8-15(19)11-16(13)20/h3-8,11H,1-2,9-10,19H2. The van der Waals surface area contributed by atoms with Gasteiger partial charge < -0.3 is 10.6 Å². The Bertz CT molecular complexity index is 667. The van der Waals surface area contributed by atoms with Crippen molar-refractivity contribution >= 4 is 17.3 Å². The van der Waals surface area contributed by atoms with E-state index in [1.807, 2.05) is 18.2 Å². The number of nitrogens with two attached hydrogens (primary N) is 1. The number of carbonyl (C=O) groups excluding carboxylic acids is 1. The number of hydrogen-bond acceptors (Lipinski definition) is 2. The smallest absolute Gasteiger partial charge is 0.231 e. The van der Waals surface area contributed by atoms with Crippen LogP contribution in [0.4, 0.5) is 15.8 Å². The van der Waals surface area contributed by atoms with Crippen LogP contribution in [-0.2, 0) is 17.6 Å². The lowest BCUT2D eigenvalue weighted by Crippen LogP contribution is -2.36. The summed E-state index contributed by atoms with van der Waals surface area (Å²) >= 11 is 0. The Morgan fingerprint density at radius 3 is 2.71 bits per heavy atom. The minimum Gasteiger partial charge on any atom is -0.399 e. The number of carbonyl (C=O) groups is 1. The topological polar surface area (TPSA) is 46.3 Å². The van der Waals surface area contributed by atoms with Crippen LogP contribution in [0.5, 0.6) is 0 Å². The van der Waals surface area contributed by atoms with Gasteiger partial charge in [0.25, 0.3) is 0 Å². The van der Waals surface area contributed by atoms with Crippen LogP contribution < -0.4 is 10.6 Å². The second-order valence-corrected chi connectivity index (χ2v) is 5.34. The van der Waals surface area contributed by atoms with Crippen LogP contribution in [0.1, 0.15) is 17.5 Å². The van der Waals surface area contributed by atoms with Gasteiger partial charge in [0.2, 0.25) is 5.91 Å². The van der Waals surface area contributed by atoms with Gasteiger partial charge in [-0.05, 0) is 48.2 Å². The highest BCUT2D eigenvalue weighted by atomic mass is 19.1. The maximum Gasteiger partial charge on any atom is 0.231 e. The molecule has 1 heterocycles. The molecule has 2 aromatic rings. The number of aryl methyl sites for hydroxylation is 1. The van der Waals surface area contributed by atoms with Gasteiger partial charge in [-0.25, -0.2) is 4.39 Å². The highest BCUT2D eigenvalue weighted by Gasteiger charge is 2.22. The zero-order valence-corrected chi connectivity index (χ0v) is 11.7. The van der Waals surface area contributed by atoms with Gasteiger partial charge in [-0.15, -0.1) is 0 Å². The molecule has 2 aromatic carbocycles. The van der Waals surface area contributed by atoms with E-state index in [9.17, 15) is 9.18 Å². The van der Waals surface area contributed by atoms with Crippen LogP contribution in [-0.4, -0.2) is 12.5 Å². The molecule has 4 heteroatoms. The van der Waals surface area contributed by atoms with Crippen LogP contribution in [0.2, 0.25) is 0 Å². The van der Waals surface area contributed by atoms with Crippen LogP contribution in [0.15, 0.2) is 42.5 Å². The van der Waals surface area contributed by atoms with E-state index in [-0.39, 0.29) is 18.1 Å². The molecule has 0 saturated carbocycles. The van der Waals surface area contributed by atoms with E-state index in [0.717, 1.165) is 29.7 Å². The lowest BCUT2D eigenvalue weighted by molar-refractivity contribution is -0.118. The molecule has 21 heavy (non-hydrogen) atoms. The average molecular weight is 284 g/mol. The summed E-state index contributed by atoms with van der Waals surface area (Å²) in [6.45, 7) is 0.705. The molecule has 2 N–H and O–H groups in total. The van der Waals surface area contributed by atoms with Crippen molar-refractivity contribution in [2.75, 3.05) is 17.2 Å². The largest absolute Gasteiger partial charge is 0.399 e. The van der Waals surface area contributed by atoms with Gasteiger partial charge in [0.1, 0.15) is 5.82 Å². The zero-order chi connectivity index (χ0) is 14.8. The second-order valence-electron chi connectivity index (χ2n) is 5.34. The van der Waals surface area contributed by atoms with E-state index in [1.54, 1.807) is 17.0 Å². The van der Waals surface area contributed by atoms with E-state index in [4.69, 9.17) is 5.73 Å². The lowest BCUT2D eigenvalue weighted by Gasteiger charge is -2.30. The molecule has 1 aliphatic rings. The highest BCUT2D eigenvalue weighted by molar-refractivity contribution is 5.96. The molecule has 108 valence electrons. The van der Waals surface area contributed by atoms with E-state index < -0.39 is 0 Å². The monoisotopic (exact) mass is 284 g/mol. The zero-order valence-electron chi connectivity index (χ0n) is 11.7. The number of hydrogen-bond donors (Lipinski definition) is 1. The number of halogens is 1. The van der Waals surface area contributed by atoms with Crippen molar-refractivity contribution in [1.29, 1.82) is 0 Å². The Balaban J connectivity index is 1.83. The summed E-state index contributed by atoms with van der Waals surface area (Å²) in [4.78, 5) is 14.3. The first-order valence-electron chi connectivity index (χ1n) is 7.07. The Morgan fingerprint density at radius 2 is 1.95 bits per heavy atom. The summed E-state index contributed by atoms with van der Waals surface area (Å²) in [7, 11) is 0. The normalized spacial score (nSPS) is 13.9. The third-order valence-electron chi connectivity index (χ3n) is 3.80. The molecule has 1 amide bonds.